The van der Waals surface area contributed by atoms with E-state index in [9.17, 15) is 0 Å². The Labute approximate surface area is 100 Å². The number of aryl methyl sites for hydroxylation is 2. The predicted molar refractivity (Wildman–Crippen MR) is 69.9 cm³/mol. The lowest BCUT2D eigenvalue weighted by Crippen LogP contribution is -2.01. The zero-order valence-corrected chi connectivity index (χ0v) is 11.3. The third-order valence-electron chi connectivity index (χ3n) is 2.94. The molecule has 0 saturated carbocycles. The third-order valence-corrected chi connectivity index (χ3v) is 2.94. The summed E-state index contributed by atoms with van der Waals surface area (Å²) in [5.41, 5.74) is 4.33. The van der Waals surface area contributed by atoms with Crippen molar-refractivity contribution in [3.63, 3.8) is 0 Å². The van der Waals surface area contributed by atoms with Crippen molar-refractivity contribution in [2.24, 2.45) is 0 Å². The predicted octanol–water partition coefficient (Wildman–Crippen LogP) is 3.90. The molecule has 0 radical (unpaired) electrons. The van der Waals surface area contributed by atoms with Crippen LogP contribution in [-0.4, -0.2) is 9.78 Å². The average molecular weight is 222 g/mol. The lowest BCUT2D eigenvalue weighted by Gasteiger charge is -2.08. The van der Waals surface area contributed by atoms with E-state index in [1.165, 1.54) is 49.9 Å². The molecule has 1 aromatic heterocycles. The van der Waals surface area contributed by atoms with Crippen molar-refractivity contribution in [1.29, 1.82) is 0 Å². The first kappa shape index (κ1) is 13.3. The van der Waals surface area contributed by atoms with Crippen molar-refractivity contribution in [3.8, 4) is 0 Å². The molecule has 0 aromatic carbocycles. The molecule has 1 aliphatic rings. The molecule has 1 aromatic rings. The van der Waals surface area contributed by atoms with E-state index in [-0.39, 0.29) is 0 Å². The van der Waals surface area contributed by atoms with Crippen LogP contribution in [0.1, 0.15) is 63.4 Å². The molecule has 0 amide bonds. The Morgan fingerprint density at radius 2 is 1.75 bits per heavy atom. The van der Waals surface area contributed by atoms with Gasteiger partial charge in [-0.1, -0.05) is 27.2 Å². The summed E-state index contributed by atoms with van der Waals surface area (Å²) in [6, 6.07) is 0. The normalized spacial score (nSPS) is 14.0. The summed E-state index contributed by atoms with van der Waals surface area (Å²) in [4.78, 5) is 0. The van der Waals surface area contributed by atoms with Crippen molar-refractivity contribution < 1.29 is 0 Å². The van der Waals surface area contributed by atoms with Gasteiger partial charge in [-0.25, -0.2) is 0 Å². The van der Waals surface area contributed by atoms with Crippen LogP contribution < -0.4 is 0 Å². The molecule has 0 N–H and O–H groups in total. The van der Waals surface area contributed by atoms with E-state index in [1.54, 1.807) is 5.56 Å². The van der Waals surface area contributed by atoms with Gasteiger partial charge in [0.25, 0.3) is 0 Å². The molecule has 0 aliphatic heterocycles. The van der Waals surface area contributed by atoms with Crippen LogP contribution in [0.2, 0.25) is 0 Å². The van der Waals surface area contributed by atoms with Gasteiger partial charge in [0, 0.05) is 12.2 Å². The van der Waals surface area contributed by atoms with Crippen molar-refractivity contribution in [2.75, 3.05) is 0 Å². The first-order valence-electron chi connectivity index (χ1n) is 6.79. The molecular formula is C14H26N2. The zero-order chi connectivity index (χ0) is 12.0. The van der Waals surface area contributed by atoms with E-state index in [0.29, 0.717) is 0 Å². The third kappa shape index (κ3) is 3.10. The maximum atomic E-state index is 4.66. The van der Waals surface area contributed by atoms with Crippen LogP contribution in [0, 0.1) is 6.92 Å². The minimum absolute atomic E-state index is 1.08. The van der Waals surface area contributed by atoms with Crippen LogP contribution in [0.15, 0.2) is 0 Å². The molecule has 1 aliphatic carbocycles. The first-order valence-corrected chi connectivity index (χ1v) is 6.79. The number of nitrogens with zero attached hydrogens (tertiary/aromatic N) is 2. The van der Waals surface area contributed by atoms with Crippen molar-refractivity contribution >= 4 is 0 Å². The fourth-order valence-electron chi connectivity index (χ4n) is 2.20. The number of fused-ring (bicyclic) bond motifs is 1. The molecule has 0 saturated heterocycles. The van der Waals surface area contributed by atoms with Crippen LogP contribution in [0.4, 0.5) is 0 Å². The van der Waals surface area contributed by atoms with E-state index in [4.69, 9.17) is 0 Å². The van der Waals surface area contributed by atoms with Crippen LogP contribution in [0.3, 0.4) is 0 Å². The molecule has 2 nitrogen and oxygen atoms in total. The lowest BCUT2D eigenvalue weighted by molar-refractivity contribution is 0.578. The molecule has 0 bridgehead atoms. The summed E-state index contributed by atoms with van der Waals surface area (Å²) in [6.07, 6.45) is 7.57. The van der Waals surface area contributed by atoms with Gasteiger partial charge in [0.2, 0.25) is 0 Å². The van der Waals surface area contributed by atoms with Gasteiger partial charge < -0.3 is 0 Å². The topological polar surface area (TPSA) is 17.8 Å². The molecule has 16 heavy (non-hydrogen) atoms. The van der Waals surface area contributed by atoms with Gasteiger partial charge in [0.05, 0.1) is 5.69 Å². The summed E-state index contributed by atoms with van der Waals surface area (Å²) in [7, 11) is 0. The monoisotopic (exact) mass is 222 g/mol. The molecule has 2 rings (SSSR count). The Balaban J connectivity index is 0.000000386. The van der Waals surface area contributed by atoms with Crippen LogP contribution >= 0.6 is 0 Å². The summed E-state index contributed by atoms with van der Waals surface area (Å²) in [5.74, 6) is 0. The van der Waals surface area contributed by atoms with E-state index in [1.807, 2.05) is 0 Å². The number of hydrogen-bond donors (Lipinski definition) is 0. The van der Waals surface area contributed by atoms with Crippen LogP contribution in [0.5, 0.6) is 0 Å². The van der Waals surface area contributed by atoms with Gasteiger partial charge >= 0.3 is 0 Å². The summed E-state index contributed by atoms with van der Waals surface area (Å²) in [5, 5.41) is 4.66. The quantitative estimate of drug-likeness (QED) is 0.742. The highest BCUT2D eigenvalue weighted by molar-refractivity contribution is 5.27. The highest BCUT2D eigenvalue weighted by Gasteiger charge is 2.16. The molecule has 0 unspecified atom stereocenters. The van der Waals surface area contributed by atoms with Crippen molar-refractivity contribution in [2.45, 2.75) is 72.8 Å². The molecule has 92 valence electrons. The number of rotatable bonds is 2. The van der Waals surface area contributed by atoms with Crippen LogP contribution in [-0.2, 0) is 19.4 Å². The van der Waals surface area contributed by atoms with Gasteiger partial charge in [-0.3, -0.25) is 4.68 Å². The second-order valence-electron chi connectivity index (χ2n) is 4.65. The standard InChI is InChI=1S/C11H18N2.C3H8/c1-3-8-13-9(2)10-6-4-5-7-11(10)12-13;1-3-2/h3-8H2,1-2H3;3H2,1-2H3. The molecule has 0 fully saturated rings. The molecule has 2 heteroatoms. The first-order chi connectivity index (χ1) is 7.74. The SMILES string of the molecule is CCC.CCCn1nc2c(c1C)CCCC2. The number of hydrogen-bond acceptors (Lipinski definition) is 1. The minimum atomic E-state index is 1.08. The van der Waals surface area contributed by atoms with Gasteiger partial charge in [-0.2, -0.15) is 5.10 Å². The molecule has 1 heterocycles. The highest BCUT2D eigenvalue weighted by atomic mass is 15.3. The Bertz CT molecular complexity index is 313. The van der Waals surface area contributed by atoms with Gasteiger partial charge in [0.15, 0.2) is 0 Å². The van der Waals surface area contributed by atoms with Gasteiger partial charge in [-0.05, 0) is 44.6 Å². The zero-order valence-electron chi connectivity index (χ0n) is 11.3. The van der Waals surface area contributed by atoms with Crippen molar-refractivity contribution in [1.82, 2.24) is 9.78 Å². The summed E-state index contributed by atoms with van der Waals surface area (Å²) < 4.78 is 2.19. The molecule has 0 atom stereocenters. The molecule has 0 spiro atoms. The Morgan fingerprint density at radius 1 is 1.12 bits per heavy atom. The second-order valence-corrected chi connectivity index (χ2v) is 4.65. The van der Waals surface area contributed by atoms with E-state index >= 15 is 0 Å². The Kier molecular flexibility index (Phi) is 5.58. The van der Waals surface area contributed by atoms with E-state index < -0.39 is 0 Å². The number of aromatic nitrogens is 2. The largest absolute Gasteiger partial charge is 0.269 e. The van der Waals surface area contributed by atoms with E-state index in [2.05, 4.69) is 37.5 Å². The fraction of sp³-hybridized carbons (Fsp3) is 0.786. The maximum Gasteiger partial charge on any atom is 0.0659 e. The highest BCUT2D eigenvalue weighted by Crippen LogP contribution is 2.23. The van der Waals surface area contributed by atoms with Crippen LogP contribution in [0.25, 0.3) is 0 Å². The summed E-state index contributed by atoms with van der Waals surface area (Å²) >= 11 is 0. The molecular weight excluding hydrogens is 196 g/mol. The second kappa shape index (κ2) is 6.72. The minimum Gasteiger partial charge on any atom is -0.269 e. The lowest BCUT2D eigenvalue weighted by atomic mass is 9.96. The Hall–Kier alpha value is -0.790. The van der Waals surface area contributed by atoms with E-state index in [0.717, 1.165) is 6.54 Å². The maximum absolute atomic E-state index is 4.66. The van der Waals surface area contributed by atoms with Crippen molar-refractivity contribution in [3.05, 3.63) is 17.0 Å². The fourth-order valence-corrected chi connectivity index (χ4v) is 2.20. The summed E-state index contributed by atoms with van der Waals surface area (Å²) in [6.45, 7) is 9.76. The smallest absolute Gasteiger partial charge is 0.0659 e. The Morgan fingerprint density at radius 3 is 2.31 bits per heavy atom. The van der Waals surface area contributed by atoms with Gasteiger partial charge in [-0.15, -0.1) is 0 Å². The average Bonchev–Trinajstić information content (AvgIpc) is 2.59. The van der Waals surface area contributed by atoms with Gasteiger partial charge in [0.1, 0.15) is 0 Å².